The molecule has 1 aliphatic rings. The molecule has 0 bridgehead atoms. The minimum atomic E-state index is -0.342. The molecule has 1 N–H and O–H groups in total. The summed E-state index contributed by atoms with van der Waals surface area (Å²) in [5.41, 5.74) is 5.70. The third kappa shape index (κ3) is 3.34. The van der Waals surface area contributed by atoms with E-state index in [1.54, 1.807) is 0 Å². The number of rotatable bonds is 4. The number of carbonyl (C=O) groups is 2. The van der Waals surface area contributed by atoms with Gasteiger partial charge in [-0.1, -0.05) is 60.7 Å². The number of para-hydroxylation sites is 1. The summed E-state index contributed by atoms with van der Waals surface area (Å²) < 4.78 is 0. The van der Waals surface area contributed by atoms with Crippen molar-refractivity contribution in [2.24, 2.45) is 0 Å². The van der Waals surface area contributed by atoms with Crippen LogP contribution in [0.4, 0.5) is 11.4 Å². The van der Waals surface area contributed by atoms with Crippen LogP contribution in [0.1, 0.15) is 22.3 Å². The van der Waals surface area contributed by atoms with Crippen molar-refractivity contribution in [1.82, 2.24) is 0 Å². The van der Waals surface area contributed by atoms with Crippen LogP contribution in [0, 0.1) is 20.8 Å². The van der Waals surface area contributed by atoms with Crippen LogP contribution in [0.2, 0.25) is 0 Å². The van der Waals surface area contributed by atoms with Gasteiger partial charge in [0.1, 0.15) is 5.70 Å². The predicted molar refractivity (Wildman–Crippen MR) is 117 cm³/mol. The minimum Gasteiger partial charge on any atom is -0.350 e. The fourth-order valence-electron chi connectivity index (χ4n) is 3.55. The Morgan fingerprint density at radius 1 is 0.724 bits per heavy atom. The fourth-order valence-corrected chi connectivity index (χ4v) is 3.55. The number of aryl methyl sites for hydroxylation is 3. The monoisotopic (exact) mass is 382 g/mol. The lowest BCUT2D eigenvalue weighted by molar-refractivity contribution is -0.120. The molecule has 4 heteroatoms. The number of nitrogens with zero attached hydrogens (tertiary/aromatic N) is 1. The first-order valence-electron chi connectivity index (χ1n) is 9.56. The van der Waals surface area contributed by atoms with E-state index in [9.17, 15) is 9.59 Å². The number of imide groups is 1. The van der Waals surface area contributed by atoms with Gasteiger partial charge in [0.25, 0.3) is 11.8 Å². The van der Waals surface area contributed by atoms with Gasteiger partial charge in [-0.2, -0.15) is 0 Å². The molecule has 0 aromatic heterocycles. The predicted octanol–water partition coefficient (Wildman–Crippen LogP) is 5.01. The second-order valence-electron chi connectivity index (χ2n) is 7.29. The summed E-state index contributed by atoms with van der Waals surface area (Å²) in [5.74, 6) is -0.656. The average molecular weight is 382 g/mol. The van der Waals surface area contributed by atoms with Gasteiger partial charge in [-0.05, 0) is 55.2 Å². The Kier molecular flexibility index (Phi) is 4.77. The molecule has 3 aromatic carbocycles. The molecular formula is C25H22N2O2. The van der Waals surface area contributed by atoms with Crippen molar-refractivity contribution in [2.45, 2.75) is 20.8 Å². The highest BCUT2D eigenvalue weighted by Gasteiger charge is 2.40. The zero-order valence-corrected chi connectivity index (χ0v) is 16.7. The van der Waals surface area contributed by atoms with E-state index in [1.165, 1.54) is 4.90 Å². The Labute approximate surface area is 170 Å². The zero-order valence-electron chi connectivity index (χ0n) is 16.7. The maximum absolute atomic E-state index is 13.5. The molecule has 2 amide bonds. The Bertz CT molecular complexity index is 1150. The van der Waals surface area contributed by atoms with Gasteiger partial charge in [-0.15, -0.1) is 0 Å². The van der Waals surface area contributed by atoms with Crippen molar-refractivity contribution in [1.29, 1.82) is 0 Å². The number of amides is 2. The molecule has 0 atom stereocenters. The van der Waals surface area contributed by atoms with Crippen molar-refractivity contribution in [3.8, 4) is 0 Å². The highest BCUT2D eigenvalue weighted by Crippen LogP contribution is 2.35. The Hall–Kier alpha value is -3.66. The lowest BCUT2D eigenvalue weighted by atomic mass is 10.0. The van der Waals surface area contributed by atoms with E-state index in [1.807, 2.05) is 93.6 Å². The van der Waals surface area contributed by atoms with Crippen LogP contribution in [0.25, 0.3) is 5.57 Å². The van der Waals surface area contributed by atoms with Gasteiger partial charge in [-0.25, -0.2) is 4.90 Å². The van der Waals surface area contributed by atoms with Gasteiger partial charge in [0, 0.05) is 5.69 Å². The summed E-state index contributed by atoms with van der Waals surface area (Å²) in [6, 6.07) is 22.8. The second-order valence-corrected chi connectivity index (χ2v) is 7.29. The third-order valence-corrected chi connectivity index (χ3v) is 5.16. The van der Waals surface area contributed by atoms with E-state index in [0.717, 1.165) is 27.9 Å². The molecule has 29 heavy (non-hydrogen) atoms. The fraction of sp³-hybridized carbons (Fsp3) is 0.120. The molecule has 4 rings (SSSR count). The summed E-state index contributed by atoms with van der Waals surface area (Å²) in [7, 11) is 0. The molecule has 144 valence electrons. The van der Waals surface area contributed by atoms with Crippen molar-refractivity contribution in [3.05, 3.63) is 101 Å². The first-order valence-corrected chi connectivity index (χ1v) is 9.56. The topological polar surface area (TPSA) is 49.4 Å². The van der Waals surface area contributed by atoms with E-state index in [2.05, 4.69) is 5.32 Å². The SMILES string of the molecule is Cc1ccc(C)c(N2C(=O)C(Nc3ccccc3C)=C(c3ccccc3)C2=O)c1. The van der Waals surface area contributed by atoms with Crippen LogP contribution in [0.3, 0.4) is 0 Å². The van der Waals surface area contributed by atoms with Crippen LogP contribution < -0.4 is 10.2 Å². The van der Waals surface area contributed by atoms with Crippen LogP contribution in [-0.4, -0.2) is 11.8 Å². The molecule has 0 saturated heterocycles. The standard InChI is InChI=1S/C25H22N2O2/c1-16-13-14-18(3)21(15-16)27-24(28)22(19-10-5-4-6-11-19)23(25(27)29)26-20-12-8-7-9-17(20)2/h4-15,26H,1-3H3. The van der Waals surface area contributed by atoms with E-state index in [4.69, 9.17) is 0 Å². The molecule has 4 nitrogen and oxygen atoms in total. The molecule has 0 unspecified atom stereocenters. The number of hydrogen-bond acceptors (Lipinski definition) is 3. The molecule has 0 fully saturated rings. The molecule has 1 heterocycles. The smallest absolute Gasteiger partial charge is 0.282 e. The van der Waals surface area contributed by atoms with Crippen molar-refractivity contribution < 1.29 is 9.59 Å². The van der Waals surface area contributed by atoms with Crippen LogP contribution >= 0.6 is 0 Å². The third-order valence-electron chi connectivity index (χ3n) is 5.16. The van der Waals surface area contributed by atoms with E-state index in [-0.39, 0.29) is 11.8 Å². The van der Waals surface area contributed by atoms with Crippen LogP contribution in [-0.2, 0) is 9.59 Å². The van der Waals surface area contributed by atoms with Gasteiger partial charge < -0.3 is 5.32 Å². The normalized spacial score (nSPS) is 14.0. The first kappa shape index (κ1) is 18.7. The van der Waals surface area contributed by atoms with Crippen LogP contribution in [0.5, 0.6) is 0 Å². The Balaban J connectivity index is 1.86. The number of benzene rings is 3. The van der Waals surface area contributed by atoms with E-state index < -0.39 is 0 Å². The Morgan fingerprint density at radius 2 is 1.41 bits per heavy atom. The molecule has 1 aliphatic heterocycles. The van der Waals surface area contributed by atoms with Crippen LogP contribution in [0.15, 0.2) is 78.5 Å². The van der Waals surface area contributed by atoms with Gasteiger partial charge >= 0.3 is 0 Å². The van der Waals surface area contributed by atoms with Gasteiger partial charge in [0.2, 0.25) is 0 Å². The summed E-state index contributed by atoms with van der Waals surface area (Å²) in [4.78, 5) is 28.2. The minimum absolute atomic E-state index is 0.302. The quantitative estimate of drug-likeness (QED) is 0.646. The van der Waals surface area contributed by atoms with Crippen molar-refractivity contribution in [2.75, 3.05) is 10.2 Å². The van der Waals surface area contributed by atoms with Gasteiger partial charge in [-0.3, -0.25) is 9.59 Å². The molecule has 0 aliphatic carbocycles. The maximum atomic E-state index is 13.5. The number of hydrogen-bond donors (Lipinski definition) is 1. The molecular weight excluding hydrogens is 360 g/mol. The molecule has 0 saturated carbocycles. The molecule has 0 radical (unpaired) electrons. The second kappa shape index (κ2) is 7.40. The average Bonchev–Trinajstić information content (AvgIpc) is 2.96. The van der Waals surface area contributed by atoms with Gasteiger partial charge in [0.05, 0.1) is 11.3 Å². The highest BCUT2D eigenvalue weighted by molar-refractivity contribution is 6.46. The zero-order chi connectivity index (χ0) is 20.5. The first-order chi connectivity index (χ1) is 14.0. The molecule has 0 spiro atoms. The summed E-state index contributed by atoms with van der Waals surface area (Å²) in [6.45, 7) is 5.82. The maximum Gasteiger partial charge on any atom is 0.282 e. The largest absolute Gasteiger partial charge is 0.350 e. The summed E-state index contributed by atoms with van der Waals surface area (Å²) >= 11 is 0. The van der Waals surface area contributed by atoms with Crippen molar-refractivity contribution >= 4 is 28.8 Å². The van der Waals surface area contributed by atoms with E-state index in [0.29, 0.717) is 17.0 Å². The van der Waals surface area contributed by atoms with Gasteiger partial charge in [0.15, 0.2) is 0 Å². The highest BCUT2D eigenvalue weighted by atomic mass is 16.2. The lowest BCUT2D eigenvalue weighted by Crippen LogP contribution is -2.33. The summed E-state index contributed by atoms with van der Waals surface area (Å²) in [6.07, 6.45) is 0. The Morgan fingerprint density at radius 3 is 2.14 bits per heavy atom. The molecule has 3 aromatic rings. The van der Waals surface area contributed by atoms with E-state index >= 15 is 0 Å². The number of nitrogens with one attached hydrogen (secondary N) is 1. The summed E-state index contributed by atoms with van der Waals surface area (Å²) in [5, 5.41) is 3.24. The lowest BCUT2D eigenvalue weighted by Gasteiger charge is -2.18. The number of anilines is 2. The van der Waals surface area contributed by atoms with Crippen molar-refractivity contribution in [3.63, 3.8) is 0 Å². The number of carbonyl (C=O) groups excluding carboxylic acids is 2.